The van der Waals surface area contributed by atoms with Crippen LogP contribution in [-0.4, -0.2) is 58.9 Å². The molecule has 0 bridgehead atoms. The molecule has 1 N–H and O–H groups in total. The smallest absolute Gasteiger partial charge is 0.315 e. The van der Waals surface area contributed by atoms with Gasteiger partial charge in [0.05, 0.1) is 0 Å². The Morgan fingerprint density at radius 2 is 1.42 bits per heavy atom. The van der Waals surface area contributed by atoms with Gasteiger partial charge in [0.2, 0.25) is 11.8 Å². The van der Waals surface area contributed by atoms with Crippen molar-refractivity contribution in [3.8, 4) is 0 Å². The second kappa shape index (κ2) is 5.59. The number of carboxylic acids is 1. The van der Waals surface area contributed by atoms with E-state index in [1.54, 1.807) is 4.90 Å². The summed E-state index contributed by atoms with van der Waals surface area (Å²) >= 11 is 0. The summed E-state index contributed by atoms with van der Waals surface area (Å²) in [7, 11) is 0. The zero-order valence-electron chi connectivity index (χ0n) is 12.0. The van der Waals surface area contributed by atoms with E-state index in [1.807, 2.05) is 20.8 Å². The minimum Gasteiger partial charge on any atom is -0.481 e. The van der Waals surface area contributed by atoms with E-state index in [1.165, 1.54) is 11.8 Å². The van der Waals surface area contributed by atoms with Crippen LogP contribution in [0.4, 0.5) is 0 Å². The van der Waals surface area contributed by atoms with E-state index in [4.69, 9.17) is 5.11 Å². The summed E-state index contributed by atoms with van der Waals surface area (Å²) in [5.41, 5.74) is -0.430. The third kappa shape index (κ3) is 3.68. The van der Waals surface area contributed by atoms with E-state index < -0.39 is 17.3 Å². The van der Waals surface area contributed by atoms with Crippen LogP contribution in [0.5, 0.6) is 0 Å². The van der Waals surface area contributed by atoms with Crippen molar-refractivity contribution in [3.05, 3.63) is 0 Å². The van der Waals surface area contributed by atoms with Crippen molar-refractivity contribution < 1.29 is 19.5 Å². The first-order chi connectivity index (χ1) is 8.64. The predicted octanol–water partition coefficient (Wildman–Crippen LogP) is 0.424. The molecule has 1 heterocycles. The summed E-state index contributed by atoms with van der Waals surface area (Å²) < 4.78 is 0. The number of hydrogen-bond donors (Lipinski definition) is 1. The van der Waals surface area contributed by atoms with Crippen LogP contribution in [0.15, 0.2) is 0 Å². The maximum atomic E-state index is 12.1. The number of carbonyl (C=O) groups excluding carboxylic acids is 2. The molecule has 0 aromatic carbocycles. The quantitative estimate of drug-likeness (QED) is 0.738. The number of carboxylic acid groups (broad SMARTS) is 1. The summed E-state index contributed by atoms with van der Waals surface area (Å²) in [5, 5.41) is 8.82. The van der Waals surface area contributed by atoms with Gasteiger partial charge in [-0.3, -0.25) is 14.4 Å². The van der Waals surface area contributed by atoms with Crippen molar-refractivity contribution in [3.63, 3.8) is 0 Å². The molecule has 1 atom stereocenters. The lowest BCUT2D eigenvalue weighted by molar-refractivity contribution is -0.153. The van der Waals surface area contributed by atoms with Crippen molar-refractivity contribution in [2.24, 2.45) is 11.3 Å². The van der Waals surface area contributed by atoms with E-state index >= 15 is 0 Å². The second-order valence-electron chi connectivity index (χ2n) is 5.93. The molecular weight excluding hydrogens is 248 g/mol. The molecule has 1 saturated heterocycles. The van der Waals surface area contributed by atoms with Gasteiger partial charge in [-0.25, -0.2) is 0 Å². The lowest BCUT2D eigenvalue weighted by atomic mass is 9.94. The van der Waals surface area contributed by atoms with Gasteiger partial charge in [-0.05, 0) is 6.92 Å². The molecule has 1 aliphatic heterocycles. The number of carbonyl (C=O) groups is 3. The van der Waals surface area contributed by atoms with Crippen LogP contribution < -0.4 is 0 Å². The largest absolute Gasteiger partial charge is 0.481 e. The molecule has 108 valence electrons. The van der Waals surface area contributed by atoms with Gasteiger partial charge in [-0.2, -0.15) is 0 Å². The molecule has 1 fully saturated rings. The molecule has 0 aromatic heterocycles. The van der Waals surface area contributed by atoms with Gasteiger partial charge in [0.15, 0.2) is 0 Å². The molecule has 0 aromatic rings. The van der Waals surface area contributed by atoms with E-state index in [9.17, 15) is 14.4 Å². The Hall–Kier alpha value is -1.59. The van der Waals surface area contributed by atoms with E-state index in [0.29, 0.717) is 26.2 Å². The Bertz CT molecular complexity index is 379. The fourth-order valence-electron chi connectivity index (χ4n) is 1.98. The van der Waals surface area contributed by atoms with Crippen molar-refractivity contribution in [2.75, 3.05) is 26.2 Å². The molecule has 0 spiro atoms. The van der Waals surface area contributed by atoms with Gasteiger partial charge in [-0.1, -0.05) is 20.8 Å². The van der Waals surface area contributed by atoms with E-state index in [0.717, 1.165) is 0 Å². The molecule has 1 unspecified atom stereocenters. The van der Waals surface area contributed by atoms with Crippen molar-refractivity contribution in [1.29, 1.82) is 0 Å². The maximum Gasteiger partial charge on any atom is 0.315 e. The summed E-state index contributed by atoms with van der Waals surface area (Å²) in [6.45, 7) is 8.70. The summed E-state index contributed by atoms with van der Waals surface area (Å²) in [4.78, 5) is 37.9. The van der Waals surface area contributed by atoms with Gasteiger partial charge in [0.25, 0.3) is 0 Å². The Labute approximate surface area is 113 Å². The Morgan fingerprint density at radius 3 is 1.79 bits per heavy atom. The molecule has 1 rings (SSSR count). The highest BCUT2D eigenvalue weighted by atomic mass is 16.4. The fraction of sp³-hybridized carbons (Fsp3) is 0.769. The first kappa shape index (κ1) is 15.5. The lowest BCUT2D eigenvalue weighted by Crippen LogP contribution is -2.54. The third-order valence-corrected chi connectivity index (χ3v) is 3.26. The maximum absolute atomic E-state index is 12.1. The number of piperazine rings is 1. The third-order valence-electron chi connectivity index (χ3n) is 3.26. The highest BCUT2D eigenvalue weighted by Gasteiger charge is 2.33. The summed E-state index contributed by atoms with van der Waals surface area (Å²) in [6, 6.07) is 0. The standard InChI is InChI=1S/C13H22N2O4/c1-9(11(17)18)10(16)14-5-7-15(8-6-14)12(19)13(2,3)4/h9H,5-8H2,1-4H3,(H,17,18). The lowest BCUT2D eigenvalue weighted by Gasteiger charge is -2.38. The van der Waals surface area contributed by atoms with E-state index in [2.05, 4.69) is 0 Å². The molecule has 0 saturated carbocycles. The van der Waals surface area contributed by atoms with Crippen LogP contribution in [0.2, 0.25) is 0 Å². The Morgan fingerprint density at radius 1 is 1.00 bits per heavy atom. The molecule has 2 amide bonds. The molecule has 0 radical (unpaired) electrons. The van der Waals surface area contributed by atoms with Crippen LogP contribution in [-0.2, 0) is 14.4 Å². The van der Waals surface area contributed by atoms with Gasteiger partial charge in [0, 0.05) is 31.6 Å². The monoisotopic (exact) mass is 270 g/mol. The van der Waals surface area contributed by atoms with Gasteiger partial charge < -0.3 is 14.9 Å². The van der Waals surface area contributed by atoms with Crippen LogP contribution >= 0.6 is 0 Å². The molecule has 1 aliphatic rings. The average molecular weight is 270 g/mol. The average Bonchev–Trinajstić information content (AvgIpc) is 2.35. The number of hydrogen-bond acceptors (Lipinski definition) is 3. The topological polar surface area (TPSA) is 77.9 Å². The first-order valence-corrected chi connectivity index (χ1v) is 6.45. The first-order valence-electron chi connectivity index (χ1n) is 6.45. The number of rotatable bonds is 2. The predicted molar refractivity (Wildman–Crippen MR) is 69.4 cm³/mol. The fourth-order valence-corrected chi connectivity index (χ4v) is 1.98. The SMILES string of the molecule is CC(C(=O)O)C(=O)N1CCN(C(=O)C(C)(C)C)CC1. The molecule has 6 nitrogen and oxygen atoms in total. The van der Waals surface area contributed by atoms with Gasteiger partial charge in [-0.15, -0.1) is 0 Å². The minimum absolute atomic E-state index is 0.0610. The molecule has 0 aliphatic carbocycles. The highest BCUT2D eigenvalue weighted by Crippen LogP contribution is 2.19. The molecular formula is C13H22N2O4. The van der Waals surface area contributed by atoms with Crippen LogP contribution in [0.1, 0.15) is 27.7 Å². The molecule has 19 heavy (non-hydrogen) atoms. The summed E-state index contributed by atoms with van der Waals surface area (Å²) in [6.07, 6.45) is 0. The normalized spacial score (nSPS) is 18.1. The van der Waals surface area contributed by atoms with Crippen molar-refractivity contribution in [1.82, 2.24) is 9.80 Å². The zero-order chi connectivity index (χ0) is 14.8. The molecule has 6 heteroatoms. The Kier molecular flexibility index (Phi) is 4.55. The van der Waals surface area contributed by atoms with Gasteiger partial charge >= 0.3 is 5.97 Å². The van der Waals surface area contributed by atoms with Crippen molar-refractivity contribution >= 4 is 17.8 Å². The number of amides is 2. The van der Waals surface area contributed by atoms with Crippen LogP contribution in [0.25, 0.3) is 0 Å². The zero-order valence-corrected chi connectivity index (χ0v) is 12.0. The van der Waals surface area contributed by atoms with Gasteiger partial charge in [0.1, 0.15) is 5.92 Å². The number of aliphatic carboxylic acids is 1. The van der Waals surface area contributed by atoms with Crippen LogP contribution in [0.3, 0.4) is 0 Å². The van der Waals surface area contributed by atoms with E-state index in [-0.39, 0.29) is 11.8 Å². The second-order valence-corrected chi connectivity index (χ2v) is 5.93. The number of nitrogens with zero attached hydrogens (tertiary/aromatic N) is 2. The Balaban J connectivity index is 2.56. The minimum atomic E-state index is -1.11. The highest BCUT2D eigenvalue weighted by molar-refractivity contribution is 5.96. The van der Waals surface area contributed by atoms with Crippen molar-refractivity contribution in [2.45, 2.75) is 27.7 Å². The summed E-state index contributed by atoms with van der Waals surface area (Å²) in [5.74, 6) is -2.45. The van der Waals surface area contributed by atoms with Crippen LogP contribution in [0, 0.1) is 11.3 Å².